The maximum Gasteiger partial charge on any atom is 0.274 e. The van der Waals surface area contributed by atoms with Gasteiger partial charge in [-0.1, -0.05) is 6.07 Å². The van der Waals surface area contributed by atoms with E-state index in [2.05, 4.69) is 15.2 Å². The van der Waals surface area contributed by atoms with Crippen molar-refractivity contribution in [1.29, 1.82) is 5.26 Å². The number of aromatic amines is 1. The van der Waals surface area contributed by atoms with E-state index in [0.29, 0.717) is 16.9 Å². The van der Waals surface area contributed by atoms with E-state index in [1.807, 2.05) is 35.9 Å². The summed E-state index contributed by atoms with van der Waals surface area (Å²) in [6, 6.07) is 9.39. The SMILES string of the molecule is CCn1ncc2cc(-c3cc(=O)n4ncc(C#N)c4[nH]3)ccc21. The first kappa shape index (κ1) is 13.3. The molecule has 3 aromatic heterocycles. The predicted octanol–water partition coefficient (Wildman–Crippen LogP) is 1.93. The summed E-state index contributed by atoms with van der Waals surface area (Å²) in [6.45, 7) is 2.84. The standard InChI is InChI=1S/C16H12N6O/c1-2-21-14-4-3-10(5-11(14)8-18-21)13-6-15(23)22-16(20-13)12(7-17)9-19-22/h3-6,8-9,20H,2H2,1H3. The Kier molecular flexibility index (Phi) is 2.78. The average molecular weight is 304 g/mol. The van der Waals surface area contributed by atoms with Gasteiger partial charge in [0.15, 0.2) is 5.65 Å². The summed E-state index contributed by atoms with van der Waals surface area (Å²) >= 11 is 0. The Morgan fingerprint density at radius 3 is 2.91 bits per heavy atom. The van der Waals surface area contributed by atoms with E-state index in [1.54, 1.807) is 6.20 Å². The van der Waals surface area contributed by atoms with Crippen molar-refractivity contribution < 1.29 is 0 Å². The maximum atomic E-state index is 12.2. The number of nitriles is 1. The van der Waals surface area contributed by atoms with Gasteiger partial charge in [0.25, 0.3) is 5.56 Å². The molecule has 0 radical (unpaired) electrons. The fourth-order valence-electron chi connectivity index (χ4n) is 2.73. The number of benzene rings is 1. The van der Waals surface area contributed by atoms with Crippen LogP contribution in [0.2, 0.25) is 0 Å². The Labute approximate surface area is 130 Å². The molecule has 112 valence electrons. The zero-order valence-electron chi connectivity index (χ0n) is 12.3. The van der Waals surface area contributed by atoms with Crippen molar-refractivity contribution in [2.75, 3.05) is 0 Å². The van der Waals surface area contributed by atoms with Gasteiger partial charge in [0.1, 0.15) is 11.6 Å². The predicted molar refractivity (Wildman–Crippen MR) is 84.9 cm³/mol. The van der Waals surface area contributed by atoms with Gasteiger partial charge in [0, 0.05) is 18.0 Å². The molecule has 1 N–H and O–H groups in total. The maximum absolute atomic E-state index is 12.2. The van der Waals surface area contributed by atoms with Gasteiger partial charge in [-0.3, -0.25) is 9.48 Å². The summed E-state index contributed by atoms with van der Waals surface area (Å²) in [7, 11) is 0. The highest BCUT2D eigenvalue weighted by atomic mass is 16.1. The third-order valence-electron chi connectivity index (χ3n) is 3.87. The van der Waals surface area contributed by atoms with Crippen molar-refractivity contribution >= 4 is 16.6 Å². The zero-order chi connectivity index (χ0) is 16.0. The smallest absolute Gasteiger partial charge is 0.274 e. The molecule has 1 aromatic carbocycles. The molecule has 7 heteroatoms. The van der Waals surface area contributed by atoms with Crippen LogP contribution in [0.1, 0.15) is 12.5 Å². The molecule has 0 aliphatic rings. The summed E-state index contributed by atoms with van der Waals surface area (Å²) in [5, 5.41) is 18.4. The van der Waals surface area contributed by atoms with Gasteiger partial charge in [0.2, 0.25) is 0 Å². The minimum atomic E-state index is -0.278. The number of aryl methyl sites for hydroxylation is 1. The van der Waals surface area contributed by atoms with Crippen molar-refractivity contribution in [3.63, 3.8) is 0 Å². The molecule has 0 atom stereocenters. The van der Waals surface area contributed by atoms with Crippen LogP contribution in [0.3, 0.4) is 0 Å². The number of fused-ring (bicyclic) bond motifs is 2. The monoisotopic (exact) mass is 304 g/mol. The number of H-pyrrole nitrogens is 1. The van der Waals surface area contributed by atoms with Crippen molar-refractivity contribution in [3.05, 3.63) is 52.6 Å². The average Bonchev–Trinajstić information content (AvgIpc) is 3.17. The number of hydrogen-bond donors (Lipinski definition) is 1. The molecule has 23 heavy (non-hydrogen) atoms. The quantitative estimate of drug-likeness (QED) is 0.612. The molecule has 0 aliphatic carbocycles. The number of nitrogens with one attached hydrogen (secondary N) is 1. The van der Waals surface area contributed by atoms with Gasteiger partial charge < -0.3 is 4.98 Å². The second-order valence-electron chi connectivity index (χ2n) is 5.19. The molecule has 0 bridgehead atoms. The summed E-state index contributed by atoms with van der Waals surface area (Å²) in [5.74, 6) is 0. The molecule has 0 unspecified atom stereocenters. The molecule has 0 aliphatic heterocycles. The lowest BCUT2D eigenvalue weighted by atomic mass is 10.1. The van der Waals surface area contributed by atoms with E-state index in [-0.39, 0.29) is 5.56 Å². The molecule has 3 heterocycles. The van der Waals surface area contributed by atoms with Crippen LogP contribution in [0.25, 0.3) is 27.8 Å². The van der Waals surface area contributed by atoms with Gasteiger partial charge in [-0.05, 0) is 24.6 Å². The highest BCUT2D eigenvalue weighted by Crippen LogP contribution is 2.23. The lowest BCUT2D eigenvalue weighted by Gasteiger charge is -2.04. The van der Waals surface area contributed by atoms with Crippen LogP contribution in [0, 0.1) is 11.3 Å². The number of aromatic nitrogens is 5. The first-order valence-electron chi connectivity index (χ1n) is 7.18. The van der Waals surface area contributed by atoms with E-state index in [9.17, 15) is 4.79 Å². The molecule has 0 saturated carbocycles. The Bertz CT molecular complexity index is 1140. The third-order valence-corrected chi connectivity index (χ3v) is 3.87. The molecule has 4 rings (SSSR count). The number of nitrogens with zero attached hydrogens (tertiary/aromatic N) is 5. The van der Waals surface area contributed by atoms with Crippen LogP contribution in [0.15, 0.2) is 41.5 Å². The van der Waals surface area contributed by atoms with Crippen LogP contribution < -0.4 is 5.56 Å². The van der Waals surface area contributed by atoms with Crippen LogP contribution in [-0.4, -0.2) is 24.4 Å². The molecule has 0 spiro atoms. The minimum absolute atomic E-state index is 0.278. The fraction of sp³-hybridized carbons (Fsp3) is 0.125. The van der Waals surface area contributed by atoms with Gasteiger partial charge in [-0.25, -0.2) is 0 Å². The van der Waals surface area contributed by atoms with Crippen molar-refractivity contribution in [2.45, 2.75) is 13.5 Å². The fourth-order valence-corrected chi connectivity index (χ4v) is 2.73. The van der Waals surface area contributed by atoms with E-state index in [0.717, 1.165) is 23.0 Å². The lowest BCUT2D eigenvalue weighted by molar-refractivity contribution is 0.684. The van der Waals surface area contributed by atoms with Gasteiger partial charge in [0.05, 0.1) is 23.6 Å². The summed E-state index contributed by atoms with van der Waals surface area (Å²) in [4.78, 5) is 15.3. The first-order chi connectivity index (χ1) is 11.2. The molecule has 4 aromatic rings. The Morgan fingerprint density at radius 2 is 2.13 bits per heavy atom. The van der Waals surface area contributed by atoms with Crippen molar-refractivity contribution in [3.8, 4) is 17.3 Å². The molecule has 0 amide bonds. The van der Waals surface area contributed by atoms with Crippen LogP contribution in [0.4, 0.5) is 0 Å². The zero-order valence-corrected chi connectivity index (χ0v) is 12.3. The Morgan fingerprint density at radius 1 is 1.26 bits per heavy atom. The third kappa shape index (κ3) is 1.92. The van der Waals surface area contributed by atoms with E-state index < -0.39 is 0 Å². The number of rotatable bonds is 2. The van der Waals surface area contributed by atoms with Crippen LogP contribution in [0.5, 0.6) is 0 Å². The topological polar surface area (TPSA) is 91.8 Å². The van der Waals surface area contributed by atoms with Crippen LogP contribution >= 0.6 is 0 Å². The lowest BCUT2D eigenvalue weighted by Crippen LogP contribution is -2.14. The van der Waals surface area contributed by atoms with Crippen LogP contribution in [-0.2, 0) is 6.54 Å². The number of hydrogen-bond acceptors (Lipinski definition) is 4. The minimum Gasteiger partial charge on any atom is -0.338 e. The molecule has 7 nitrogen and oxygen atoms in total. The molecule has 0 saturated heterocycles. The Hall–Kier alpha value is -3.40. The van der Waals surface area contributed by atoms with Crippen molar-refractivity contribution in [2.24, 2.45) is 0 Å². The molecule has 0 fully saturated rings. The summed E-state index contributed by atoms with van der Waals surface area (Å²) in [5.41, 5.74) is 3.01. The normalized spacial score (nSPS) is 11.1. The second-order valence-corrected chi connectivity index (χ2v) is 5.19. The van der Waals surface area contributed by atoms with Gasteiger partial charge in [-0.2, -0.15) is 20.0 Å². The van der Waals surface area contributed by atoms with E-state index >= 15 is 0 Å². The van der Waals surface area contributed by atoms with Gasteiger partial charge in [-0.15, -0.1) is 0 Å². The highest BCUT2D eigenvalue weighted by Gasteiger charge is 2.10. The largest absolute Gasteiger partial charge is 0.338 e. The van der Waals surface area contributed by atoms with Gasteiger partial charge >= 0.3 is 0 Å². The molecular formula is C16H12N6O. The summed E-state index contributed by atoms with van der Waals surface area (Å²) in [6.07, 6.45) is 3.18. The highest BCUT2D eigenvalue weighted by molar-refractivity contribution is 5.84. The Balaban J connectivity index is 1.95. The van der Waals surface area contributed by atoms with E-state index in [4.69, 9.17) is 5.26 Å². The first-order valence-corrected chi connectivity index (χ1v) is 7.18. The van der Waals surface area contributed by atoms with Crippen molar-refractivity contribution in [1.82, 2.24) is 24.4 Å². The summed E-state index contributed by atoms with van der Waals surface area (Å²) < 4.78 is 3.10. The van der Waals surface area contributed by atoms with E-state index in [1.165, 1.54) is 16.8 Å². The second kappa shape index (κ2) is 4.81. The molecular weight excluding hydrogens is 292 g/mol.